The van der Waals surface area contributed by atoms with E-state index >= 15 is 0 Å². The van der Waals surface area contributed by atoms with E-state index in [-0.39, 0.29) is 5.91 Å². The highest BCUT2D eigenvalue weighted by Gasteiger charge is 2.26. The van der Waals surface area contributed by atoms with Gasteiger partial charge in [0, 0.05) is 38.2 Å². The molecule has 150 valence electrons. The Morgan fingerprint density at radius 2 is 2.00 bits per heavy atom. The van der Waals surface area contributed by atoms with Gasteiger partial charge in [-0.2, -0.15) is 0 Å². The minimum atomic E-state index is 0.0845. The molecule has 0 atom stereocenters. The number of nitrogens with one attached hydrogen (secondary N) is 1. The predicted octanol–water partition coefficient (Wildman–Crippen LogP) is 1.59. The van der Waals surface area contributed by atoms with Crippen molar-refractivity contribution in [2.75, 3.05) is 26.2 Å². The normalized spacial score (nSPS) is 15.3. The molecule has 1 N–H and O–H groups in total. The molecule has 1 amide bonds. The second-order valence-electron chi connectivity index (χ2n) is 6.76. The van der Waals surface area contributed by atoms with E-state index in [9.17, 15) is 4.79 Å². The summed E-state index contributed by atoms with van der Waals surface area (Å²) in [6.07, 6.45) is 0. The number of aliphatic imine (C=N–C) groups is 1. The molecule has 0 aliphatic carbocycles. The highest BCUT2D eigenvalue weighted by atomic mass is 35.5. The van der Waals surface area contributed by atoms with Gasteiger partial charge in [0.05, 0.1) is 6.54 Å². The van der Waals surface area contributed by atoms with Gasteiger partial charge in [-0.1, -0.05) is 23.7 Å². The summed E-state index contributed by atoms with van der Waals surface area (Å²) in [7, 11) is 1.92. The minimum absolute atomic E-state index is 0.0845. The first-order chi connectivity index (χ1) is 13.5. The van der Waals surface area contributed by atoms with E-state index in [0.717, 1.165) is 36.3 Å². The fourth-order valence-corrected chi connectivity index (χ4v) is 3.15. The predicted molar refractivity (Wildman–Crippen MR) is 109 cm³/mol. The Balaban J connectivity index is 1.63. The van der Waals surface area contributed by atoms with Crippen LogP contribution in [0.5, 0.6) is 0 Å². The summed E-state index contributed by atoms with van der Waals surface area (Å²) in [6.45, 7) is 7.34. The van der Waals surface area contributed by atoms with Crippen LogP contribution in [-0.4, -0.2) is 62.6 Å². The van der Waals surface area contributed by atoms with Crippen LogP contribution in [0.25, 0.3) is 0 Å². The summed E-state index contributed by atoms with van der Waals surface area (Å²) < 4.78 is 1.92. The number of hydrogen-bond donors (Lipinski definition) is 1. The number of amides is 1. The van der Waals surface area contributed by atoms with Crippen LogP contribution in [0.4, 0.5) is 0 Å². The molecule has 28 heavy (non-hydrogen) atoms. The SMILES string of the molecule is CCNC(=NCc1nnc(C)n1C)N1CCN(Cc2ccc(Cl)cc2)C(=O)C1. The molecule has 3 rings (SSSR count). The van der Waals surface area contributed by atoms with Gasteiger partial charge < -0.3 is 19.7 Å². The number of nitrogens with zero attached hydrogens (tertiary/aromatic N) is 6. The van der Waals surface area contributed by atoms with Crippen LogP contribution in [0.15, 0.2) is 29.3 Å². The van der Waals surface area contributed by atoms with Crippen molar-refractivity contribution in [3.8, 4) is 0 Å². The second-order valence-corrected chi connectivity index (χ2v) is 7.19. The van der Waals surface area contributed by atoms with Crippen LogP contribution in [0.1, 0.15) is 24.1 Å². The zero-order chi connectivity index (χ0) is 20.1. The van der Waals surface area contributed by atoms with Crippen molar-refractivity contribution >= 4 is 23.5 Å². The maximum atomic E-state index is 12.7. The fourth-order valence-electron chi connectivity index (χ4n) is 3.03. The van der Waals surface area contributed by atoms with E-state index in [2.05, 4.69) is 20.5 Å². The smallest absolute Gasteiger partial charge is 0.242 e. The highest BCUT2D eigenvalue weighted by Crippen LogP contribution is 2.14. The quantitative estimate of drug-likeness (QED) is 0.605. The van der Waals surface area contributed by atoms with Gasteiger partial charge in [-0.25, -0.2) is 4.99 Å². The number of carbonyl (C=O) groups excluding carboxylic acids is 1. The molecular formula is C19H26ClN7O. The van der Waals surface area contributed by atoms with Gasteiger partial charge >= 0.3 is 0 Å². The Morgan fingerprint density at radius 1 is 1.25 bits per heavy atom. The topological polar surface area (TPSA) is 78.7 Å². The Kier molecular flexibility index (Phi) is 6.51. The van der Waals surface area contributed by atoms with Crippen LogP contribution in [-0.2, 0) is 24.9 Å². The van der Waals surface area contributed by atoms with Crippen molar-refractivity contribution in [1.82, 2.24) is 29.9 Å². The molecule has 1 aromatic carbocycles. The second kappa shape index (κ2) is 9.05. The summed E-state index contributed by atoms with van der Waals surface area (Å²) in [5.74, 6) is 2.45. The zero-order valence-corrected chi connectivity index (χ0v) is 17.3. The average molecular weight is 404 g/mol. The van der Waals surface area contributed by atoms with Crippen molar-refractivity contribution in [2.24, 2.45) is 12.0 Å². The van der Waals surface area contributed by atoms with E-state index in [1.54, 1.807) is 0 Å². The summed E-state index contributed by atoms with van der Waals surface area (Å²) in [6, 6.07) is 7.61. The Hall–Kier alpha value is -2.61. The van der Waals surface area contributed by atoms with Crippen LogP contribution < -0.4 is 5.32 Å². The third-order valence-corrected chi connectivity index (χ3v) is 5.04. The maximum absolute atomic E-state index is 12.7. The number of aryl methyl sites for hydroxylation is 1. The molecule has 1 fully saturated rings. The molecule has 1 aliphatic heterocycles. The van der Waals surface area contributed by atoms with Gasteiger partial charge in [0.25, 0.3) is 0 Å². The van der Waals surface area contributed by atoms with Gasteiger partial charge in [0.2, 0.25) is 5.91 Å². The van der Waals surface area contributed by atoms with Crippen molar-refractivity contribution in [1.29, 1.82) is 0 Å². The van der Waals surface area contributed by atoms with Gasteiger partial charge in [-0.05, 0) is 31.5 Å². The van der Waals surface area contributed by atoms with Gasteiger partial charge in [0.1, 0.15) is 12.4 Å². The van der Waals surface area contributed by atoms with E-state index in [0.29, 0.717) is 31.2 Å². The van der Waals surface area contributed by atoms with Crippen LogP contribution in [0.2, 0.25) is 5.02 Å². The standard InChI is InChI=1S/C19H26ClN7O/c1-4-21-19(22-11-17-24-23-14(2)25(17)3)27-10-9-26(18(28)13-27)12-15-5-7-16(20)8-6-15/h5-8H,4,9-13H2,1-3H3,(H,21,22). The first-order valence-electron chi connectivity index (χ1n) is 9.38. The third kappa shape index (κ3) is 4.81. The molecule has 0 bridgehead atoms. The number of benzene rings is 1. The number of halogens is 1. The lowest BCUT2D eigenvalue weighted by Crippen LogP contribution is -2.54. The van der Waals surface area contributed by atoms with Gasteiger partial charge in [0.15, 0.2) is 11.8 Å². The molecule has 2 heterocycles. The first-order valence-corrected chi connectivity index (χ1v) is 9.76. The monoisotopic (exact) mass is 403 g/mol. The minimum Gasteiger partial charge on any atom is -0.356 e. The molecule has 8 nitrogen and oxygen atoms in total. The van der Waals surface area contributed by atoms with E-state index < -0.39 is 0 Å². The lowest BCUT2D eigenvalue weighted by molar-refractivity contribution is -0.135. The zero-order valence-electron chi connectivity index (χ0n) is 16.5. The number of rotatable bonds is 5. The number of guanidine groups is 1. The number of aromatic nitrogens is 3. The summed E-state index contributed by atoms with van der Waals surface area (Å²) in [5.41, 5.74) is 1.07. The number of carbonyl (C=O) groups is 1. The Labute approximate surface area is 170 Å². The van der Waals surface area contributed by atoms with Crippen molar-refractivity contribution in [3.05, 3.63) is 46.5 Å². The molecule has 0 unspecified atom stereocenters. The van der Waals surface area contributed by atoms with Crippen molar-refractivity contribution in [2.45, 2.75) is 26.9 Å². The third-order valence-electron chi connectivity index (χ3n) is 4.79. The van der Waals surface area contributed by atoms with E-state index in [1.807, 2.05) is 59.5 Å². The fraction of sp³-hybridized carbons (Fsp3) is 0.474. The summed E-state index contributed by atoms with van der Waals surface area (Å²) in [4.78, 5) is 21.2. The lowest BCUT2D eigenvalue weighted by Gasteiger charge is -2.36. The number of piperazine rings is 1. The first kappa shape index (κ1) is 20.1. The van der Waals surface area contributed by atoms with Crippen molar-refractivity contribution in [3.63, 3.8) is 0 Å². The molecule has 0 spiro atoms. The summed E-state index contributed by atoms with van der Waals surface area (Å²) in [5, 5.41) is 12.2. The molecule has 9 heteroatoms. The van der Waals surface area contributed by atoms with Crippen LogP contribution in [0, 0.1) is 6.92 Å². The molecular weight excluding hydrogens is 378 g/mol. The van der Waals surface area contributed by atoms with Crippen molar-refractivity contribution < 1.29 is 4.79 Å². The molecule has 1 aliphatic rings. The number of hydrogen-bond acceptors (Lipinski definition) is 4. The average Bonchev–Trinajstić information content (AvgIpc) is 3.00. The van der Waals surface area contributed by atoms with Crippen LogP contribution >= 0.6 is 11.6 Å². The van der Waals surface area contributed by atoms with E-state index in [4.69, 9.17) is 11.6 Å². The lowest BCUT2D eigenvalue weighted by atomic mass is 10.2. The molecule has 1 aromatic heterocycles. The molecule has 0 radical (unpaired) electrons. The molecule has 1 saturated heterocycles. The summed E-state index contributed by atoms with van der Waals surface area (Å²) >= 11 is 5.93. The molecule has 2 aromatic rings. The van der Waals surface area contributed by atoms with Gasteiger partial charge in [-0.15, -0.1) is 10.2 Å². The Morgan fingerprint density at radius 3 is 2.61 bits per heavy atom. The Bertz CT molecular complexity index is 846. The highest BCUT2D eigenvalue weighted by molar-refractivity contribution is 6.30. The maximum Gasteiger partial charge on any atom is 0.242 e. The molecule has 0 saturated carbocycles. The van der Waals surface area contributed by atoms with E-state index in [1.165, 1.54) is 0 Å². The van der Waals surface area contributed by atoms with Crippen LogP contribution in [0.3, 0.4) is 0 Å². The largest absolute Gasteiger partial charge is 0.356 e. The van der Waals surface area contributed by atoms with Gasteiger partial charge in [-0.3, -0.25) is 4.79 Å².